The Kier molecular flexibility index (Phi) is 5.67. The van der Waals surface area contributed by atoms with Crippen molar-refractivity contribution in [3.05, 3.63) is 47.0 Å². The molecule has 0 saturated carbocycles. The lowest BCUT2D eigenvalue weighted by Crippen LogP contribution is -2.49. The van der Waals surface area contributed by atoms with Crippen LogP contribution in [0, 0.1) is 0 Å². The molecule has 28 heavy (non-hydrogen) atoms. The molecule has 0 N–H and O–H groups in total. The Balaban J connectivity index is 1.36. The van der Waals surface area contributed by atoms with Crippen LogP contribution in [-0.4, -0.2) is 59.8 Å². The van der Waals surface area contributed by atoms with E-state index in [0.29, 0.717) is 29.7 Å². The summed E-state index contributed by atoms with van der Waals surface area (Å²) in [4.78, 5) is 19.1. The van der Waals surface area contributed by atoms with Crippen LogP contribution in [-0.2, 0) is 0 Å². The fourth-order valence-electron chi connectivity index (χ4n) is 4.02. The summed E-state index contributed by atoms with van der Waals surface area (Å²) in [7, 11) is 0. The molecule has 6 nitrogen and oxygen atoms in total. The summed E-state index contributed by atoms with van der Waals surface area (Å²) in [5.41, 5.74) is 0.640. The normalized spacial score (nSPS) is 20.4. The van der Waals surface area contributed by atoms with Crippen LogP contribution in [0.15, 0.2) is 36.4 Å². The lowest BCUT2D eigenvalue weighted by atomic mass is 10.0. The zero-order valence-electron chi connectivity index (χ0n) is 16.2. The van der Waals surface area contributed by atoms with Gasteiger partial charge in [-0.2, -0.15) is 0 Å². The lowest BCUT2D eigenvalue weighted by molar-refractivity contribution is 0.0746. The Labute approximate surface area is 171 Å². The van der Waals surface area contributed by atoms with Crippen molar-refractivity contribution >= 4 is 29.1 Å². The van der Waals surface area contributed by atoms with Gasteiger partial charge >= 0.3 is 0 Å². The zero-order valence-corrected chi connectivity index (χ0v) is 17.0. The summed E-state index contributed by atoms with van der Waals surface area (Å²) in [5.74, 6) is 1.87. The van der Waals surface area contributed by atoms with E-state index < -0.39 is 0 Å². The van der Waals surface area contributed by atoms with Crippen molar-refractivity contribution < 1.29 is 4.79 Å². The maximum absolute atomic E-state index is 12.7. The van der Waals surface area contributed by atoms with Crippen LogP contribution in [0.25, 0.3) is 0 Å². The molecule has 0 bridgehead atoms. The molecule has 0 spiro atoms. The monoisotopic (exact) mass is 399 g/mol. The summed E-state index contributed by atoms with van der Waals surface area (Å²) in [5, 5.41) is 9.53. The quantitative estimate of drug-likeness (QED) is 0.791. The number of hydrogen-bond donors (Lipinski definition) is 0. The number of benzene rings is 1. The second-order valence-corrected chi connectivity index (χ2v) is 8.01. The van der Waals surface area contributed by atoms with Gasteiger partial charge < -0.3 is 14.7 Å². The molecule has 2 saturated heterocycles. The van der Waals surface area contributed by atoms with Gasteiger partial charge in [0.15, 0.2) is 11.6 Å². The molecular formula is C21H26ClN5O. The molecule has 1 amide bonds. The van der Waals surface area contributed by atoms with Gasteiger partial charge in [0.2, 0.25) is 0 Å². The highest BCUT2D eigenvalue weighted by Gasteiger charge is 2.24. The summed E-state index contributed by atoms with van der Waals surface area (Å²) >= 11 is 6.01. The Morgan fingerprint density at radius 1 is 1.00 bits per heavy atom. The van der Waals surface area contributed by atoms with Gasteiger partial charge in [-0.05, 0) is 56.5 Å². The third kappa shape index (κ3) is 4.07. The largest absolute Gasteiger partial charge is 0.352 e. The minimum absolute atomic E-state index is 0.0302. The second kappa shape index (κ2) is 8.35. The van der Waals surface area contributed by atoms with Gasteiger partial charge in [0.05, 0.1) is 0 Å². The van der Waals surface area contributed by atoms with Crippen molar-refractivity contribution in [1.82, 2.24) is 15.1 Å². The van der Waals surface area contributed by atoms with Crippen LogP contribution in [0.5, 0.6) is 0 Å². The first-order valence-electron chi connectivity index (χ1n) is 10.0. The summed E-state index contributed by atoms with van der Waals surface area (Å²) < 4.78 is 0. The number of hydrogen-bond acceptors (Lipinski definition) is 5. The molecule has 0 aliphatic carbocycles. The van der Waals surface area contributed by atoms with Gasteiger partial charge in [-0.3, -0.25) is 4.79 Å². The van der Waals surface area contributed by atoms with Crippen LogP contribution in [0.2, 0.25) is 5.02 Å². The minimum atomic E-state index is 0.0302. The van der Waals surface area contributed by atoms with E-state index in [1.54, 1.807) is 12.1 Å². The first-order valence-corrected chi connectivity index (χ1v) is 10.4. The van der Waals surface area contributed by atoms with E-state index in [1.165, 1.54) is 19.3 Å². The molecule has 1 atom stereocenters. The Hall–Kier alpha value is -2.34. The Bertz CT molecular complexity index is 820. The zero-order chi connectivity index (χ0) is 19.5. The molecule has 2 aliphatic rings. The maximum Gasteiger partial charge on any atom is 0.254 e. The predicted molar refractivity (Wildman–Crippen MR) is 112 cm³/mol. The van der Waals surface area contributed by atoms with Crippen molar-refractivity contribution in [2.75, 3.05) is 42.5 Å². The van der Waals surface area contributed by atoms with E-state index in [-0.39, 0.29) is 5.91 Å². The van der Waals surface area contributed by atoms with Crippen LogP contribution in [0.4, 0.5) is 11.6 Å². The first-order chi connectivity index (χ1) is 13.6. The number of carbonyl (C=O) groups is 1. The number of nitrogens with zero attached hydrogens (tertiary/aromatic N) is 5. The van der Waals surface area contributed by atoms with Crippen molar-refractivity contribution in [3.8, 4) is 0 Å². The fourth-order valence-corrected chi connectivity index (χ4v) is 4.21. The van der Waals surface area contributed by atoms with E-state index in [9.17, 15) is 4.79 Å². The molecular weight excluding hydrogens is 374 g/mol. The third-order valence-electron chi connectivity index (χ3n) is 5.70. The van der Waals surface area contributed by atoms with Gasteiger partial charge in [0.25, 0.3) is 5.91 Å². The van der Waals surface area contributed by atoms with Crippen LogP contribution >= 0.6 is 11.6 Å². The first kappa shape index (κ1) is 19.0. The Morgan fingerprint density at radius 2 is 1.75 bits per heavy atom. The molecule has 7 heteroatoms. The average Bonchev–Trinajstić information content (AvgIpc) is 2.74. The number of piperidine rings is 1. The smallest absolute Gasteiger partial charge is 0.254 e. The molecule has 1 aromatic heterocycles. The van der Waals surface area contributed by atoms with Crippen LogP contribution in [0.1, 0.15) is 36.5 Å². The highest BCUT2D eigenvalue weighted by Crippen LogP contribution is 2.24. The topological polar surface area (TPSA) is 52.6 Å². The molecule has 1 unspecified atom stereocenters. The van der Waals surface area contributed by atoms with Crippen molar-refractivity contribution in [3.63, 3.8) is 0 Å². The molecule has 1 aromatic carbocycles. The molecule has 2 aromatic rings. The van der Waals surface area contributed by atoms with E-state index in [1.807, 2.05) is 17.0 Å². The number of anilines is 2. The third-order valence-corrected chi connectivity index (χ3v) is 5.93. The number of halogens is 1. The maximum atomic E-state index is 12.7. The number of amides is 1. The number of rotatable bonds is 3. The van der Waals surface area contributed by atoms with Gasteiger partial charge in [-0.1, -0.05) is 17.7 Å². The molecule has 148 valence electrons. The standard InChI is InChI=1S/C21H26ClN5O/c1-16-5-2-3-10-27(16)20-9-8-19(23-24-20)25-11-13-26(14-12-25)21(28)17-6-4-7-18(22)15-17/h4,6-9,15-16H,2-3,5,10-14H2,1H3. The van der Waals surface area contributed by atoms with E-state index in [4.69, 9.17) is 11.6 Å². The van der Waals surface area contributed by atoms with Crippen molar-refractivity contribution in [2.45, 2.75) is 32.2 Å². The van der Waals surface area contributed by atoms with Gasteiger partial charge in [-0.25, -0.2) is 0 Å². The summed E-state index contributed by atoms with van der Waals surface area (Å²) in [6, 6.07) is 11.8. The molecule has 2 aliphatic heterocycles. The van der Waals surface area contributed by atoms with E-state index >= 15 is 0 Å². The van der Waals surface area contributed by atoms with Crippen LogP contribution < -0.4 is 9.80 Å². The van der Waals surface area contributed by atoms with Crippen LogP contribution in [0.3, 0.4) is 0 Å². The average molecular weight is 400 g/mol. The SMILES string of the molecule is CC1CCCCN1c1ccc(N2CCN(C(=O)c3cccc(Cl)c3)CC2)nn1. The molecule has 0 radical (unpaired) electrons. The summed E-state index contributed by atoms with van der Waals surface area (Å²) in [6.45, 7) is 6.14. The highest BCUT2D eigenvalue weighted by atomic mass is 35.5. The number of carbonyl (C=O) groups excluding carboxylic acids is 1. The van der Waals surface area contributed by atoms with Crippen molar-refractivity contribution in [2.24, 2.45) is 0 Å². The molecule has 3 heterocycles. The second-order valence-electron chi connectivity index (χ2n) is 7.58. The van der Waals surface area contributed by atoms with E-state index in [2.05, 4.69) is 39.1 Å². The molecule has 2 fully saturated rings. The van der Waals surface area contributed by atoms with Crippen molar-refractivity contribution in [1.29, 1.82) is 0 Å². The predicted octanol–water partition coefficient (Wildman–Crippen LogP) is 3.47. The highest BCUT2D eigenvalue weighted by molar-refractivity contribution is 6.30. The number of aromatic nitrogens is 2. The number of piperazine rings is 1. The lowest BCUT2D eigenvalue weighted by Gasteiger charge is -2.36. The van der Waals surface area contributed by atoms with Gasteiger partial charge in [0, 0.05) is 49.4 Å². The summed E-state index contributed by atoms with van der Waals surface area (Å²) in [6.07, 6.45) is 3.73. The Morgan fingerprint density at radius 3 is 2.43 bits per heavy atom. The minimum Gasteiger partial charge on any atom is -0.352 e. The van der Waals surface area contributed by atoms with Gasteiger partial charge in [0.1, 0.15) is 0 Å². The fraction of sp³-hybridized carbons (Fsp3) is 0.476. The van der Waals surface area contributed by atoms with Gasteiger partial charge in [-0.15, -0.1) is 10.2 Å². The molecule has 4 rings (SSSR count). The van der Waals surface area contributed by atoms with E-state index in [0.717, 1.165) is 31.3 Å².